The van der Waals surface area contributed by atoms with Gasteiger partial charge in [0.2, 0.25) is 5.91 Å². The molecular formula is C17H24N6O2. The van der Waals surface area contributed by atoms with Gasteiger partial charge in [-0.25, -0.2) is 4.98 Å². The Balaban J connectivity index is 1.82. The highest BCUT2D eigenvalue weighted by Crippen LogP contribution is 2.30. The second-order valence-electron chi connectivity index (χ2n) is 6.86. The van der Waals surface area contributed by atoms with E-state index in [4.69, 9.17) is 0 Å². The maximum absolute atomic E-state index is 12.6. The lowest BCUT2D eigenvalue weighted by Crippen LogP contribution is -2.51. The molecule has 2 atom stereocenters. The molecule has 25 heavy (non-hydrogen) atoms. The third kappa shape index (κ3) is 3.29. The Bertz CT molecular complexity index is 778. The van der Waals surface area contributed by atoms with Crippen LogP contribution < -0.4 is 5.32 Å². The minimum atomic E-state index is -0.249. The summed E-state index contributed by atoms with van der Waals surface area (Å²) in [7, 11) is 3.65. The van der Waals surface area contributed by atoms with E-state index in [2.05, 4.69) is 20.5 Å². The molecule has 8 nitrogen and oxygen atoms in total. The summed E-state index contributed by atoms with van der Waals surface area (Å²) in [5.41, 5.74) is 2.18. The van der Waals surface area contributed by atoms with Gasteiger partial charge in [0.05, 0.1) is 30.3 Å². The molecule has 0 unspecified atom stereocenters. The highest BCUT2D eigenvalue weighted by atomic mass is 16.2. The number of likely N-dealkylation sites (N-methyl/N-ethyl adjacent to an activating group) is 1. The molecular weight excluding hydrogens is 320 g/mol. The largest absolute Gasteiger partial charge is 0.345 e. The van der Waals surface area contributed by atoms with Crippen LogP contribution in [0.3, 0.4) is 0 Å². The molecule has 1 fully saturated rings. The molecule has 2 aromatic heterocycles. The summed E-state index contributed by atoms with van der Waals surface area (Å²) in [4.78, 5) is 30.6. The van der Waals surface area contributed by atoms with Gasteiger partial charge in [-0.2, -0.15) is 5.10 Å². The Morgan fingerprint density at radius 2 is 2.16 bits per heavy atom. The summed E-state index contributed by atoms with van der Waals surface area (Å²) >= 11 is 0. The van der Waals surface area contributed by atoms with Gasteiger partial charge in [-0.3, -0.25) is 14.7 Å². The number of aryl methyl sites for hydroxylation is 1. The predicted molar refractivity (Wildman–Crippen MR) is 91.9 cm³/mol. The van der Waals surface area contributed by atoms with Gasteiger partial charge in [-0.05, 0) is 18.4 Å². The molecule has 0 spiro atoms. The second kappa shape index (κ2) is 6.70. The minimum Gasteiger partial charge on any atom is -0.345 e. The highest BCUT2D eigenvalue weighted by Gasteiger charge is 2.37. The summed E-state index contributed by atoms with van der Waals surface area (Å²) in [6.07, 6.45) is 4.44. The van der Waals surface area contributed by atoms with Gasteiger partial charge in [-0.1, -0.05) is 13.8 Å². The van der Waals surface area contributed by atoms with Crippen molar-refractivity contribution < 1.29 is 9.59 Å². The number of hydrogen-bond donors (Lipinski definition) is 2. The van der Waals surface area contributed by atoms with Crippen LogP contribution in [0.25, 0.3) is 0 Å². The zero-order valence-electron chi connectivity index (χ0n) is 15.0. The van der Waals surface area contributed by atoms with E-state index in [0.717, 1.165) is 11.4 Å². The fourth-order valence-electron chi connectivity index (χ4n) is 3.24. The average Bonchev–Trinajstić information content (AvgIpc) is 3.21. The number of nitrogens with one attached hydrogen (secondary N) is 2. The van der Waals surface area contributed by atoms with E-state index in [1.54, 1.807) is 30.5 Å². The third-order valence-electron chi connectivity index (χ3n) is 4.79. The van der Waals surface area contributed by atoms with Gasteiger partial charge in [-0.15, -0.1) is 0 Å². The maximum Gasteiger partial charge on any atom is 0.272 e. The smallest absolute Gasteiger partial charge is 0.272 e. The molecule has 3 rings (SSSR count). The predicted octanol–water partition coefficient (Wildman–Crippen LogP) is 1.36. The SMILES string of the molecule is CC(C)c1cc(C(=O)N[C@@H]2CCC(=O)N(C)[C@H]2c2cncn2C)n[nH]1. The molecule has 0 bridgehead atoms. The average molecular weight is 344 g/mol. The Kier molecular flexibility index (Phi) is 4.61. The lowest BCUT2D eigenvalue weighted by Gasteiger charge is -2.39. The summed E-state index contributed by atoms with van der Waals surface area (Å²) in [5, 5.41) is 10.1. The van der Waals surface area contributed by atoms with Gasteiger partial charge in [0.15, 0.2) is 0 Å². The number of amides is 2. The van der Waals surface area contributed by atoms with Crippen molar-refractivity contribution in [1.29, 1.82) is 0 Å². The number of imidazole rings is 1. The molecule has 0 saturated carbocycles. The molecule has 1 aliphatic rings. The van der Waals surface area contributed by atoms with Crippen molar-refractivity contribution in [2.75, 3.05) is 7.05 Å². The molecule has 1 saturated heterocycles. The number of H-pyrrole nitrogens is 1. The van der Waals surface area contributed by atoms with E-state index >= 15 is 0 Å². The first kappa shape index (κ1) is 17.2. The number of hydrogen-bond acceptors (Lipinski definition) is 4. The summed E-state index contributed by atoms with van der Waals surface area (Å²) < 4.78 is 1.88. The molecule has 134 valence electrons. The van der Waals surface area contributed by atoms with Crippen LogP contribution in [-0.4, -0.2) is 49.6 Å². The molecule has 1 aliphatic heterocycles. The summed E-state index contributed by atoms with van der Waals surface area (Å²) in [5.74, 6) is 0.108. The molecule has 2 N–H and O–H groups in total. The Morgan fingerprint density at radius 3 is 2.76 bits per heavy atom. The number of rotatable bonds is 4. The third-order valence-corrected chi connectivity index (χ3v) is 4.79. The summed E-state index contributed by atoms with van der Waals surface area (Å²) in [6, 6.07) is 1.34. The summed E-state index contributed by atoms with van der Waals surface area (Å²) in [6.45, 7) is 4.07. The second-order valence-corrected chi connectivity index (χ2v) is 6.86. The maximum atomic E-state index is 12.6. The molecule has 0 aliphatic carbocycles. The van der Waals surface area contributed by atoms with Crippen molar-refractivity contribution in [3.05, 3.63) is 35.7 Å². The fourth-order valence-corrected chi connectivity index (χ4v) is 3.24. The van der Waals surface area contributed by atoms with Crippen LogP contribution in [0.4, 0.5) is 0 Å². The van der Waals surface area contributed by atoms with Gasteiger partial charge >= 0.3 is 0 Å². The highest BCUT2D eigenvalue weighted by molar-refractivity contribution is 5.92. The van der Waals surface area contributed by atoms with Crippen LogP contribution >= 0.6 is 0 Å². The van der Waals surface area contributed by atoms with Gasteiger partial charge in [0.25, 0.3) is 5.91 Å². The van der Waals surface area contributed by atoms with Crippen LogP contribution in [0.5, 0.6) is 0 Å². The van der Waals surface area contributed by atoms with Crippen molar-refractivity contribution >= 4 is 11.8 Å². The van der Waals surface area contributed by atoms with E-state index < -0.39 is 0 Å². The Hall–Kier alpha value is -2.64. The van der Waals surface area contributed by atoms with Crippen molar-refractivity contribution in [3.63, 3.8) is 0 Å². The van der Waals surface area contributed by atoms with E-state index in [9.17, 15) is 9.59 Å². The molecule has 2 amide bonds. The van der Waals surface area contributed by atoms with Crippen molar-refractivity contribution in [1.82, 2.24) is 30.0 Å². The number of likely N-dealkylation sites (tertiary alicyclic amines) is 1. The fraction of sp³-hybridized carbons (Fsp3) is 0.529. The van der Waals surface area contributed by atoms with Crippen LogP contribution in [0.15, 0.2) is 18.6 Å². The lowest BCUT2D eigenvalue weighted by molar-refractivity contribution is -0.136. The van der Waals surface area contributed by atoms with Crippen LogP contribution in [-0.2, 0) is 11.8 Å². The van der Waals surface area contributed by atoms with E-state index in [-0.39, 0.29) is 29.8 Å². The molecule has 0 aromatic carbocycles. The molecule has 8 heteroatoms. The van der Waals surface area contributed by atoms with Crippen LogP contribution in [0.1, 0.15) is 60.5 Å². The van der Waals surface area contributed by atoms with E-state index in [1.807, 2.05) is 25.5 Å². The van der Waals surface area contributed by atoms with Gasteiger partial charge in [0, 0.05) is 26.2 Å². The number of carbonyl (C=O) groups is 2. The van der Waals surface area contributed by atoms with Crippen molar-refractivity contribution in [3.8, 4) is 0 Å². The molecule has 2 aromatic rings. The first-order valence-electron chi connectivity index (χ1n) is 8.46. The van der Waals surface area contributed by atoms with Gasteiger partial charge < -0.3 is 14.8 Å². The number of carbonyl (C=O) groups excluding carboxylic acids is 2. The van der Waals surface area contributed by atoms with Crippen LogP contribution in [0, 0.1) is 0 Å². The standard InChI is InChI=1S/C17H24N6O2/c1-10(2)12-7-13(21-20-12)17(25)19-11-5-6-15(24)23(4)16(11)14-8-18-9-22(14)3/h7-11,16H,5-6H2,1-4H3,(H,19,25)(H,20,21)/t11-,16-/m1/s1. The number of aromatic nitrogens is 4. The Morgan fingerprint density at radius 1 is 1.40 bits per heavy atom. The molecule has 3 heterocycles. The van der Waals surface area contributed by atoms with Crippen molar-refractivity contribution in [2.24, 2.45) is 7.05 Å². The zero-order chi connectivity index (χ0) is 18.1. The van der Waals surface area contributed by atoms with Crippen molar-refractivity contribution in [2.45, 2.75) is 44.7 Å². The van der Waals surface area contributed by atoms with Crippen LogP contribution in [0.2, 0.25) is 0 Å². The zero-order valence-corrected chi connectivity index (χ0v) is 15.0. The van der Waals surface area contributed by atoms with E-state index in [0.29, 0.717) is 18.5 Å². The topological polar surface area (TPSA) is 95.9 Å². The first-order chi connectivity index (χ1) is 11.9. The monoisotopic (exact) mass is 344 g/mol. The van der Waals surface area contributed by atoms with Gasteiger partial charge in [0.1, 0.15) is 5.69 Å². The number of nitrogens with zero attached hydrogens (tertiary/aromatic N) is 4. The minimum absolute atomic E-state index is 0.0681. The molecule has 0 radical (unpaired) electrons. The van der Waals surface area contributed by atoms with E-state index in [1.165, 1.54) is 0 Å². The lowest BCUT2D eigenvalue weighted by atomic mass is 9.93. The number of aromatic amines is 1. The first-order valence-corrected chi connectivity index (χ1v) is 8.46. The number of piperidine rings is 1. The Labute approximate surface area is 146 Å². The normalized spacial score (nSPS) is 21.0. The quantitative estimate of drug-likeness (QED) is 0.875.